The van der Waals surface area contributed by atoms with Gasteiger partial charge < -0.3 is 25.4 Å². The lowest BCUT2D eigenvalue weighted by Gasteiger charge is -2.18. The minimum atomic E-state index is -0.407. The largest absolute Gasteiger partial charge is 0.508 e. The van der Waals surface area contributed by atoms with Crippen molar-refractivity contribution >= 4 is 17.4 Å². The molecule has 3 N–H and O–H groups in total. The minimum Gasteiger partial charge on any atom is -0.508 e. The molecule has 1 fully saturated rings. The molecule has 166 valence electrons. The number of pyridine rings is 1. The summed E-state index contributed by atoms with van der Waals surface area (Å²) in [5.74, 6) is 0.991. The van der Waals surface area contributed by atoms with E-state index in [4.69, 9.17) is 4.74 Å². The van der Waals surface area contributed by atoms with E-state index in [1.807, 2.05) is 12.1 Å². The number of aromatic nitrogens is 1. The van der Waals surface area contributed by atoms with Crippen LogP contribution in [0.4, 0.5) is 15.9 Å². The zero-order chi connectivity index (χ0) is 22.5. The lowest BCUT2D eigenvalue weighted by molar-refractivity contribution is 0.102. The van der Waals surface area contributed by atoms with E-state index >= 15 is 0 Å². The molecule has 1 amide bonds. The van der Waals surface area contributed by atoms with E-state index in [-0.39, 0.29) is 17.7 Å². The minimum absolute atomic E-state index is 0.238. The number of hydrogen-bond donors (Lipinski definition) is 3. The maximum Gasteiger partial charge on any atom is 0.257 e. The average molecular weight is 436 g/mol. The number of ether oxygens (including phenoxy) is 1. The number of benzene rings is 2. The molecular weight excluding hydrogens is 411 g/mol. The molecule has 8 heteroatoms. The molecule has 0 radical (unpaired) electrons. The predicted molar refractivity (Wildman–Crippen MR) is 121 cm³/mol. The molecule has 1 aliphatic rings. The van der Waals surface area contributed by atoms with Gasteiger partial charge in [0.15, 0.2) is 0 Å². The van der Waals surface area contributed by atoms with E-state index < -0.39 is 5.82 Å². The summed E-state index contributed by atoms with van der Waals surface area (Å²) in [7, 11) is 1.60. The maximum absolute atomic E-state index is 13.3. The van der Waals surface area contributed by atoms with Crippen LogP contribution in [0.2, 0.25) is 0 Å². The zero-order valence-electron chi connectivity index (χ0n) is 17.7. The van der Waals surface area contributed by atoms with Gasteiger partial charge in [-0.3, -0.25) is 4.79 Å². The van der Waals surface area contributed by atoms with Gasteiger partial charge in [-0.1, -0.05) is 6.07 Å². The monoisotopic (exact) mass is 436 g/mol. The van der Waals surface area contributed by atoms with Crippen LogP contribution >= 0.6 is 0 Å². The number of nitrogens with zero attached hydrogens (tertiary/aromatic N) is 2. The Balaban J connectivity index is 1.32. The summed E-state index contributed by atoms with van der Waals surface area (Å²) in [6, 6.07) is 14.7. The molecule has 32 heavy (non-hydrogen) atoms. The summed E-state index contributed by atoms with van der Waals surface area (Å²) in [5, 5.41) is 16.2. The number of rotatable bonds is 7. The summed E-state index contributed by atoms with van der Waals surface area (Å²) in [4.78, 5) is 19.0. The highest BCUT2D eigenvalue weighted by Gasteiger charge is 2.23. The van der Waals surface area contributed by atoms with Crippen LogP contribution in [0.5, 0.6) is 11.5 Å². The molecule has 0 unspecified atom stereocenters. The number of aromatic hydroxyl groups is 1. The van der Waals surface area contributed by atoms with Crippen LogP contribution in [0.1, 0.15) is 22.3 Å². The molecule has 1 aliphatic heterocycles. The highest BCUT2D eigenvalue weighted by molar-refractivity contribution is 6.04. The Bertz CT molecular complexity index is 1090. The van der Waals surface area contributed by atoms with Crippen LogP contribution in [0.25, 0.3) is 0 Å². The van der Waals surface area contributed by atoms with Crippen LogP contribution < -0.4 is 20.3 Å². The van der Waals surface area contributed by atoms with E-state index in [1.165, 1.54) is 18.3 Å². The number of carbonyl (C=O) groups excluding carboxylic acids is 1. The Morgan fingerprint density at radius 3 is 2.88 bits per heavy atom. The number of phenolic OH excluding ortho intramolecular Hbond substituents is 1. The van der Waals surface area contributed by atoms with Gasteiger partial charge in [0.1, 0.15) is 23.1 Å². The van der Waals surface area contributed by atoms with Crippen molar-refractivity contribution in [1.29, 1.82) is 0 Å². The first-order valence-corrected chi connectivity index (χ1v) is 10.4. The van der Waals surface area contributed by atoms with Gasteiger partial charge in [0.25, 0.3) is 5.91 Å². The molecule has 4 rings (SSSR count). The molecule has 1 saturated heterocycles. The van der Waals surface area contributed by atoms with Gasteiger partial charge >= 0.3 is 0 Å². The van der Waals surface area contributed by atoms with Crippen molar-refractivity contribution in [3.8, 4) is 11.5 Å². The second kappa shape index (κ2) is 9.65. The number of carbonyl (C=O) groups is 1. The first-order valence-electron chi connectivity index (χ1n) is 10.4. The molecule has 1 atom stereocenters. The lowest BCUT2D eigenvalue weighted by atomic mass is 10.1. The number of anilines is 2. The van der Waals surface area contributed by atoms with Gasteiger partial charge in [-0.15, -0.1) is 0 Å². The summed E-state index contributed by atoms with van der Waals surface area (Å²) < 4.78 is 18.5. The summed E-state index contributed by atoms with van der Waals surface area (Å²) in [6.45, 7) is 2.14. The Kier molecular flexibility index (Phi) is 6.51. The number of hydrogen-bond acceptors (Lipinski definition) is 6. The SMILES string of the molecule is COc1ccc(O)c(CN[C@@H]2CCN(c3ccc(C(=O)Nc4cccc(F)c4)cn3)C2)c1. The van der Waals surface area contributed by atoms with Crippen LogP contribution in [-0.2, 0) is 6.54 Å². The van der Waals surface area contributed by atoms with Gasteiger partial charge in [-0.05, 0) is 55.0 Å². The van der Waals surface area contributed by atoms with Gasteiger partial charge in [0, 0.05) is 43.1 Å². The van der Waals surface area contributed by atoms with Gasteiger partial charge in [0.2, 0.25) is 0 Å². The summed E-state index contributed by atoms with van der Waals surface area (Å²) >= 11 is 0. The molecule has 3 aromatic rings. The highest BCUT2D eigenvalue weighted by atomic mass is 19.1. The van der Waals surface area contributed by atoms with E-state index in [0.29, 0.717) is 23.5 Å². The molecule has 7 nitrogen and oxygen atoms in total. The Hall–Kier alpha value is -3.65. The smallest absolute Gasteiger partial charge is 0.257 e. The van der Waals surface area contributed by atoms with Gasteiger partial charge in [-0.2, -0.15) is 0 Å². The summed E-state index contributed by atoms with van der Waals surface area (Å²) in [5.41, 5.74) is 1.59. The van der Waals surface area contributed by atoms with Crippen molar-refractivity contribution in [3.05, 3.63) is 77.7 Å². The molecule has 2 heterocycles. The number of methoxy groups -OCH3 is 1. The van der Waals surface area contributed by atoms with Gasteiger partial charge in [-0.25, -0.2) is 9.37 Å². The number of nitrogens with one attached hydrogen (secondary N) is 2. The van der Waals surface area contributed by atoms with Crippen LogP contribution in [0.3, 0.4) is 0 Å². The number of amides is 1. The molecular formula is C24H25FN4O3. The Morgan fingerprint density at radius 1 is 1.25 bits per heavy atom. The van der Waals surface area contributed by atoms with Crippen LogP contribution in [0.15, 0.2) is 60.8 Å². The number of phenols is 1. The molecule has 0 spiro atoms. The molecule has 0 saturated carbocycles. The molecule has 2 aromatic carbocycles. The third-order valence-corrected chi connectivity index (χ3v) is 5.47. The van der Waals surface area contributed by atoms with Crippen LogP contribution in [0, 0.1) is 5.82 Å². The van der Waals surface area contributed by atoms with E-state index in [9.17, 15) is 14.3 Å². The summed E-state index contributed by atoms with van der Waals surface area (Å²) in [6.07, 6.45) is 2.47. The maximum atomic E-state index is 13.3. The second-order valence-corrected chi connectivity index (χ2v) is 7.68. The lowest BCUT2D eigenvalue weighted by Crippen LogP contribution is -2.32. The first-order chi connectivity index (χ1) is 15.5. The molecule has 0 bridgehead atoms. The van der Waals surface area contributed by atoms with Crippen LogP contribution in [-0.4, -0.2) is 42.2 Å². The quantitative estimate of drug-likeness (QED) is 0.525. The third kappa shape index (κ3) is 5.15. The normalized spacial score (nSPS) is 15.6. The van der Waals surface area contributed by atoms with E-state index in [2.05, 4.69) is 20.5 Å². The topological polar surface area (TPSA) is 86.7 Å². The van der Waals surface area contributed by atoms with Crippen molar-refractivity contribution in [2.24, 2.45) is 0 Å². The van der Waals surface area contributed by atoms with E-state index in [1.54, 1.807) is 37.4 Å². The van der Waals surface area contributed by atoms with Crippen molar-refractivity contribution < 1.29 is 19.0 Å². The van der Waals surface area contributed by atoms with E-state index in [0.717, 1.165) is 30.9 Å². The second-order valence-electron chi connectivity index (χ2n) is 7.68. The fraction of sp³-hybridized carbons (Fsp3) is 0.250. The first kappa shape index (κ1) is 21.6. The van der Waals surface area contributed by atoms with Crippen molar-refractivity contribution in [3.63, 3.8) is 0 Å². The zero-order valence-corrected chi connectivity index (χ0v) is 17.7. The van der Waals surface area contributed by atoms with Gasteiger partial charge in [0.05, 0.1) is 12.7 Å². The van der Waals surface area contributed by atoms with Crippen molar-refractivity contribution in [2.75, 3.05) is 30.4 Å². The Labute approximate surface area is 185 Å². The fourth-order valence-corrected chi connectivity index (χ4v) is 3.70. The number of halogens is 1. The predicted octanol–water partition coefficient (Wildman–Crippen LogP) is 3.56. The average Bonchev–Trinajstić information content (AvgIpc) is 3.28. The standard InChI is InChI=1S/C24H25FN4O3/c1-32-21-6-7-22(30)17(11-21)14-26-20-9-10-29(15-20)23-8-5-16(13-27-23)24(31)28-19-4-2-3-18(25)12-19/h2-8,11-13,20,26,30H,9-10,14-15H2,1H3,(H,28,31)/t20-/m1/s1. The van der Waals surface area contributed by atoms with Crippen molar-refractivity contribution in [1.82, 2.24) is 10.3 Å². The Morgan fingerprint density at radius 2 is 2.12 bits per heavy atom. The molecule has 1 aromatic heterocycles. The fourth-order valence-electron chi connectivity index (χ4n) is 3.70. The molecule has 0 aliphatic carbocycles. The highest BCUT2D eigenvalue weighted by Crippen LogP contribution is 2.24. The van der Waals surface area contributed by atoms with Crippen molar-refractivity contribution in [2.45, 2.75) is 19.0 Å². The third-order valence-electron chi connectivity index (χ3n) is 5.47.